The van der Waals surface area contributed by atoms with Crippen molar-refractivity contribution in [3.63, 3.8) is 0 Å². The zero-order chi connectivity index (χ0) is 16.4. The van der Waals surface area contributed by atoms with Gasteiger partial charge in [-0.15, -0.1) is 0 Å². The van der Waals surface area contributed by atoms with Gasteiger partial charge in [0.2, 0.25) is 0 Å². The van der Waals surface area contributed by atoms with E-state index in [2.05, 4.69) is 15.1 Å². The smallest absolute Gasteiger partial charge is 0.171 e. The van der Waals surface area contributed by atoms with E-state index in [0.29, 0.717) is 0 Å². The summed E-state index contributed by atoms with van der Waals surface area (Å²) in [6.07, 6.45) is 3.62. The van der Waals surface area contributed by atoms with Gasteiger partial charge in [0.25, 0.3) is 0 Å². The summed E-state index contributed by atoms with van der Waals surface area (Å²) in [5.74, 6) is 1.53. The first-order chi connectivity index (χ1) is 11.0. The van der Waals surface area contributed by atoms with Crippen LogP contribution in [0.1, 0.15) is 17.1 Å². The summed E-state index contributed by atoms with van der Waals surface area (Å²) < 4.78 is 7.91. The third kappa shape index (κ3) is 3.37. The van der Waals surface area contributed by atoms with Crippen molar-refractivity contribution in [2.24, 2.45) is 7.05 Å². The molecule has 3 aromatic rings. The molecule has 0 spiro atoms. The van der Waals surface area contributed by atoms with E-state index in [9.17, 15) is 0 Å². The van der Waals surface area contributed by atoms with Crippen LogP contribution in [0.4, 0.5) is 0 Å². The first-order valence-electron chi connectivity index (χ1n) is 7.28. The highest BCUT2D eigenvalue weighted by Crippen LogP contribution is 2.33. The van der Waals surface area contributed by atoms with Crippen molar-refractivity contribution >= 4 is 11.8 Å². The van der Waals surface area contributed by atoms with E-state index in [-0.39, 0.29) is 0 Å². The molecule has 0 saturated carbocycles. The fourth-order valence-corrected chi connectivity index (χ4v) is 2.97. The largest absolute Gasteiger partial charge is 0.452 e. The molecule has 0 aliphatic carbocycles. The molecule has 3 heterocycles. The SMILES string of the molecule is Cc1ncc(Sc2ccccn2)cc1Oc1c(C)nn(C)c1C. The molecule has 0 aliphatic heterocycles. The van der Waals surface area contributed by atoms with Gasteiger partial charge in [0.15, 0.2) is 5.75 Å². The van der Waals surface area contributed by atoms with E-state index in [0.717, 1.165) is 38.5 Å². The van der Waals surface area contributed by atoms with Crippen molar-refractivity contribution in [2.75, 3.05) is 0 Å². The minimum absolute atomic E-state index is 0.741. The lowest BCUT2D eigenvalue weighted by Gasteiger charge is -2.10. The molecular formula is C17H18N4OS. The summed E-state index contributed by atoms with van der Waals surface area (Å²) in [7, 11) is 1.91. The van der Waals surface area contributed by atoms with Gasteiger partial charge in [-0.1, -0.05) is 17.8 Å². The summed E-state index contributed by atoms with van der Waals surface area (Å²) >= 11 is 1.56. The number of nitrogens with zero attached hydrogens (tertiary/aromatic N) is 4. The molecule has 0 aromatic carbocycles. The van der Waals surface area contributed by atoms with E-state index in [1.54, 1.807) is 18.0 Å². The Morgan fingerprint density at radius 2 is 1.91 bits per heavy atom. The zero-order valence-corrected chi connectivity index (χ0v) is 14.4. The van der Waals surface area contributed by atoms with Crippen LogP contribution >= 0.6 is 11.8 Å². The molecule has 118 valence electrons. The van der Waals surface area contributed by atoms with Crippen molar-refractivity contribution in [3.8, 4) is 11.5 Å². The summed E-state index contributed by atoms with van der Waals surface area (Å²) in [6.45, 7) is 5.87. The molecule has 23 heavy (non-hydrogen) atoms. The van der Waals surface area contributed by atoms with Crippen molar-refractivity contribution < 1.29 is 4.74 Å². The number of aryl methyl sites for hydroxylation is 3. The summed E-state index contributed by atoms with van der Waals surface area (Å²) in [5, 5.41) is 5.31. The zero-order valence-electron chi connectivity index (χ0n) is 13.6. The van der Waals surface area contributed by atoms with E-state index < -0.39 is 0 Å². The third-order valence-corrected chi connectivity index (χ3v) is 4.44. The van der Waals surface area contributed by atoms with Gasteiger partial charge in [-0.05, 0) is 39.0 Å². The molecule has 0 atom stereocenters. The molecule has 6 heteroatoms. The van der Waals surface area contributed by atoms with Crippen LogP contribution in [0.3, 0.4) is 0 Å². The number of hydrogen-bond donors (Lipinski definition) is 0. The molecule has 0 N–H and O–H groups in total. The van der Waals surface area contributed by atoms with E-state index in [4.69, 9.17) is 4.74 Å². The first kappa shape index (κ1) is 15.6. The second-order valence-corrected chi connectivity index (χ2v) is 6.34. The lowest BCUT2D eigenvalue weighted by molar-refractivity contribution is 0.466. The lowest BCUT2D eigenvalue weighted by Crippen LogP contribution is -1.95. The minimum Gasteiger partial charge on any atom is -0.452 e. The van der Waals surface area contributed by atoms with Gasteiger partial charge in [-0.25, -0.2) is 4.98 Å². The number of ether oxygens (including phenoxy) is 1. The Labute approximate surface area is 139 Å². The van der Waals surface area contributed by atoms with Crippen LogP contribution < -0.4 is 4.74 Å². The Morgan fingerprint density at radius 3 is 2.57 bits per heavy atom. The summed E-state index contributed by atoms with van der Waals surface area (Å²) in [5.41, 5.74) is 2.70. The Kier molecular flexibility index (Phi) is 4.34. The molecular weight excluding hydrogens is 308 g/mol. The Bertz CT molecular complexity index is 830. The Hall–Kier alpha value is -2.34. The van der Waals surface area contributed by atoms with E-state index in [1.807, 2.05) is 63.0 Å². The van der Waals surface area contributed by atoms with E-state index in [1.165, 1.54) is 0 Å². The fourth-order valence-electron chi connectivity index (χ4n) is 2.19. The van der Waals surface area contributed by atoms with Gasteiger partial charge in [0.1, 0.15) is 16.5 Å². The highest BCUT2D eigenvalue weighted by atomic mass is 32.2. The maximum absolute atomic E-state index is 6.09. The summed E-state index contributed by atoms with van der Waals surface area (Å²) in [4.78, 5) is 9.75. The molecule has 0 radical (unpaired) electrons. The molecule has 3 aromatic heterocycles. The quantitative estimate of drug-likeness (QED) is 0.723. The molecule has 0 bridgehead atoms. The van der Waals surface area contributed by atoms with Gasteiger partial charge >= 0.3 is 0 Å². The highest BCUT2D eigenvalue weighted by molar-refractivity contribution is 7.99. The molecule has 0 amide bonds. The van der Waals surface area contributed by atoms with Crippen LogP contribution in [0, 0.1) is 20.8 Å². The predicted molar refractivity (Wildman–Crippen MR) is 90.1 cm³/mol. The highest BCUT2D eigenvalue weighted by Gasteiger charge is 2.14. The van der Waals surface area contributed by atoms with Gasteiger partial charge < -0.3 is 4.74 Å². The van der Waals surface area contributed by atoms with Crippen LogP contribution in [-0.4, -0.2) is 19.7 Å². The average molecular weight is 326 g/mol. The number of rotatable bonds is 4. The molecule has 5 nitrogen and oxygen atoms in total. The third-order valence-electron chi connectivity index (χ3n) is 3.53. The van der Waals surface area contributed by atoms with Gasteiger partial charge in [0.05, 0.1) is 11.4 Å². The summed E-state index contributed by atoms with van der Waals surface area (Å²) in [6, 6.07) is 7.84. The van der Waals surface area contributed by atoms with Crippen molar-refractivity contribution in [1.82, 2.24) is 19.7 Å². The van der Waals surface area contributed by atoms with Crippen molar-refractivity contribution in [2.45, 2.75) is 30.7 Å². The Morgan fingerprint density at radius 1 is 1.09 bits per heavy atom. The number of hydrogen-bond acceptors (Lipinski definition) is 5. The van der Waals surface area contributed by atoms with Crippen LogP contribution in [0.2, 0.25) is 0 Å². The van der Waals surface area contributed by atoms with Crippen LogP contribution in [0.5, 0.6) is 11.5 Å². The number of pyridine rings is 2. The molecule has 3 rings (SSSR count). The van der Waals surface area contributed by atoms with Crippen LogP contribution in [-0.2, 0) is 7.05 Å². The second kappa shape index (κ2) is 6.42. The maximum Gasteiger partial charge on any atom is 0.171 e. The molecule has 0 saturated heterocycles. The van der Waals surface area contributed by atoms with Gasteiger partial charge in [0, 0.05) is 24.3 Å². The maximum atomic E-state index is 6.09. The number of aromatic nitrogens is 4. The Balaban J connectivity index is 1.89. The lowest BCUT2D eigenvalue weighted by atomic mass is 10.3. The standard InChI is InChI=1S/C17H18N4OS/c1-11-15(22-17-12(2)20-21(4)13(17)3)9-14(10-19-11)23-16-7-5-6-8-18-16/h5-10H,1-4H3. The van der Waals surface area contributed by atoms with Gasteiger partial charge in [-0.2, -0.15) is 5.10 Å². The molecule has 0 aliphatic rings. The fraction of sp³-hybridized carbons (Fsp3) is 0.235. The molecule has 0 unspecified atom stereocenters. The average Bonchev–Trinajstić information content (AvgIpc) is 2.78. The second-order valence-electron chi connectivity index (χ2n) is 5.25. The predicted octanol–water partition coefficient (Wildman–Crippen LogP) is 4.08. The van der Waals surface area contributed by atoms with Crippen LogP contribution in [0.15, 0.2) is 46.6 Å². The van der Waals surface area contributed by atoms with Gasteiger partial charge in [-0.3, -0.25) is 9.67 Å². The first-order valence-corrected chi connectivity index (χ1v) is 8.10. The normalized spacial score (nSPS) is 10.8. The minimum atomic E-state index is 0.741. The van der Waals surface area contributed by atoms with Crippen molar-refractivity contribution in [1.29, 1.82) is 0 Å². The van der Waals surface area contributed by atoms with Crippen LogP contribution in [0.25, 0.3) is 0 Å². The monoisotopic (exact) mass is 326 g/mol. The molecule has 0 fully saturated rings. The topological polar surface area (TPSA) is 52.8 Å². The van der Waals surface area contributed by atoms with Crippen molar-refractivity contribution in [3.05, 3.63) is 53.7 Å². The van der Waals surface area contributed by atoms with E-state index >= 15 is 0 Å².